The van der Waals surface area contributed by atoms with Crippen molar-refractivity contribution in [1.82, 2.24) is 15.5 Å². The lowest BCUT2D eigenvalue weighted by molar-refractivity contribution is 0.429. The minimum absolute atomic E-state index is 0.480. The van der Waals surface area contributed by atoms with Crippen molar-refractivity contribution in [2.24, 2.45) is 0 Å². The van der Waals surface area contributed by atoms with Gasteiger partial charge in [0, 0.05) is 11.6 Å². The van der Waals surface area contributed by atoms with E-state index >= 15 is 0 Å². The molecule has 0 aliphatic carbocycles. The van der Waals surface area contributed by atoms with Crippen molar-refractivity contribution in [3.63, 3.8) is 0 Å². The van der Waals surface area contributed by atoms with Crippen LogP contribution in [0.15, 0.2) is 34.7 Å². The lowest BCUT2D eigenvalue weighted by Crippen LogP contribution is -2.25. The summed E-state index contributed by atoms with van der Waals surface area (Å²) < 4.78 is 5.66. The van der Waals surface area contributed by atoms with E-state index in [1.165, 1.54) is 25.7 Å². The highest BCUT2D eigenvalue weighted by molar-refractivity contribution is 5.51. The van der Waals surface area contributed by atoms with Gasteiger partial charge in [0.25, 0.3) is 0 Å². The van der Waals surface area contributed by atoms with Crippen LogP contribution in [-0.4, -0.2) is 16.2 Å². The standard InChI is InChI=1S/C16H23N3O/c1-3-4-6-9-13(2)17-12-15-18-19-16(20-15)14-10-7-5-8-11-14/h5,7-8,10-11,13,17H,3-4,6,9,12H2,1-2H3. The van der Waals surface area contributed by atoms with Crippen LogP contribution in [0.5, 0.6) is 0 Å². The Hall–Kier alpha value is -1.68. The largest absolute Gasteiger partial charge is 0.419 e. The van der Waals surface area contributed by atoms with Crippen molar-refractivity contribution >= 4 is 0 Å². The number of hydrogen-bond acceptors (Lipinski definition) is 4. The van der Waals surface area contributed by atoms with E-state index in [1.807, 2.05) is 30.3 Å². The SMILES string of the molecule is CCCCCC(C)NCc1nnc(-c2ccccc2)o1. The topological polar surface area (TPSA) is 51.0 Å². The highest BCUT2D eigenvalue weighted by Crippen LogP contribution is 2.16. The number of aromatic nitrogens is 2. The Kier molecular flexibility index (Phi) is 5.74. The molecule has 2 rings (SSSR count). The van der Waals surface area contributed by atoms with Gasteiger partial charge < -0.3 is 9.73 Å². The minimum atomic E-state index is 0.480. The van der Waals surface area contributed by atoms with Gasteiger partial charge in [-0.15, -0.1) is 10.2 Å². The molecule has 1 N–H and O–H groups in total. The molecule has 1 aromatic heterocycles. The van der Waals surface area contributed by atoms with E-state index in [-0.39, 0.29) is 0 Å². The van der Waals surface area contributed by atoms with E-state index in [4.69, 9.17) is 4.42 Å². The van der Waals surface area contributed by atoms with Crippen LogP contribution < -0.4 is 5.32 Å². The summed E-state index contributed by atoms with van der Waals surface area (Å²) in [6.07, 6.45) is 5.01. The Bertz CT molecular complexity index is 495. The molecule has 1 heterocycles. The van der Waals surface area contributed by atoms with Crippen LogP contribution in [0, 0.1) is 0 Å². The van der Waals surface area contributed by atoms with Crippen LogP contribution in [0.25, 0.3) is 11.5 Å². The van der Waals surface area contributed by atoms with Crippen molar-refractivity contribution in [2.75, 3.05) is 0 Å². The number of hydrogen-bond donors (Lipinski definition) is 1. The first-order valence-corrected chi connectivity index (χ1v) is 7.40. The summed E-state index contributed by atoms with van der Waals surface area (Å²) in [7, 11) is 0. The third-order valence-electron chi connectivity index (χ3n) is 3.33. The Morgan fingerprint density at radius 2 is 1.95 bits per heavy atom. The van der Waals surface area contributed by atoms with E-state index in [0.717, 1.165) is 5.56 Å². The highest BCUT2D eigenvalue weighted by Gasteiger charge is 2.09. The van der Waals surface area contributed by atoms with Crippen molar-refractivity contribution in [2.45, 2.75) is 52.1 Å². The summed E-state index contributed by atoms with van der Waals surface area (Å²) in [6.45, 7) is 5.05. The molecule has 4 nitrogen and oxygen atoms in total. The maximum absolute atomic E-state index is 5.66. The van der Waals surface area contributed by atoms with Gasteiger partial charge in [-0.05, 0) is 25.5 Å². The normalized spacial score (nSPS) is 12.5. The van der Waals surface area contributed by atoms with Crippen LogP contribution in [0.3, 0.4) is 0 Å². The smallest absolute Gasteiger partial charge is 0.247 e. The maximum atomic E-state index is 5.66. The molecule has 1 atom stereocenters. The fourth-order valence-electron chi connectivity index (χ4n) is 2.09. The Morgan fingerprint density at radius 1 is 1.15 bits per heavy atom. The second-order valence-electron chi connectivity index (χ2n) is 5.14. The van der Waals surface area contributed by atoms with Crippen LogP contribution in [0.1, 0.15) is 45.4 Å². The number of unbranched alkanes of at least 4 members (excludes halogenated alkanes) is 2. The second-order valence-corrected chi connectivity index (χ2v) is 5.14. The van der Waals surface area contributed by atoms with Gasteiger partial charge in [-0.2, -0.15) is 0 Å². The molecule has 0 aliphatic heterocycles. The number of nitrogens with zero attached hydrogens (tertiary/aromatic N) is 2. The van der Waals surface area contributed by atoms with Crippen LogP contribution in [0.4, 0.5) is 0 Å². The van der Waals surface area contributed by atoms with Crippen molar-refractivity contribution < 1.29 is 4.42 Å². The third kappa shape index (κ3) is 4.46. The maximum Gasteiger partial charge on any atom is 0.247 e. The van der Waals surface area contributed by atoms with E-state index in [9.17, 15) is 0 Å². The molecule has 0 aliphatic rings. The first-order valence-electron chi connectivity index (χ1n) is 7.40. The molecule has 0 saturated heterocycles. The Morgan fingerprint density at radius 3 is 2.70 bits per heavy atom. The molecule has 1 aromatic carbocycles. The summed E-state index contributed by atoms with van der Waals surface area (Å²) in [5, 5.41) is 11.6. The van der Waals surface area contributed by atoms with Crippen LogP contribution in [-0.2, 0) is 6.54 Å². The molecular weight excluding hydrogens is 250 g/mol. The molecule has 0 spiro atoms. The number of nitrogens with one attached hydrogen (secondary N) is 1. The Labute approximate surface area is 120 Å². The van der Waals surface area contributed by atoms with Crippen molar-refractivity contribution in [3.05, 3.63) is 36.2 Å². The Balaban J connectivity index is 1.81. The van der Waals surface area contributed by atoms with Gasteiger partial charge in [0.05, 0.1) is 6.54 Å². The molecule has 2 aromatic rings. The average molecular weight is 273 g/mol. The lowest BCUT2D eigenvalue weighted by Gasteiger charge is -2.11. The molecule has 0 radical (unpaired) electrons. The van der Waals surface area contributed by atoms with Gasteiger partial charge in [0.1, 0.15) is 0 Å². The van der Waals surface area contributed by atoms with Gasteiger partial charge in [0.2, 0.25) is 11.8 Å². The van der Waals surface area contributed by atoms with Crippen molar-refractivity contribution in [1.29, 1.82) is 0 Å². The van der Waals surface area contributed by atoms with E-state index < -0.39 is 0 Å². The first kappa shape index (κ1) is 14.7. The molecule has 108 valence electrons. The summed E-state index contributed by atoms with van der Waals surface area (Å²) in [6, 6.07) is 10.3. The van der Waals surface area contributed by atoms with Gasteiger partial charge in [0.15, 0.2) is 0 Å². The number of benzene rings is 1. The van der Waals surface area contributed by atoms with Gasteiger partial charge >= 0.3 is 0 Å². The van der Waals surface area contributed by atoms with E-state index in [1.54, 1.807) is 0 Å². The summed E-state index contributed by atoms with van der Waals surface area (Å²) in [4.78, 5) is 0. The summed E-state index contributed by atoms with van der Waals surface area (Å²) >= 11 is 0. The minimum Gasteiger partial charge on any atom is -0.419 e. The quantitative estimate of drug-likeness (QED) is 0.743. The lowest BCUT2D eigenvalue weighted by atomic mass is 10.1. The molecule has 0 bridgehead atoms. The average Bonchev–Trinajstić information content (AvgIpc) is 2.95. The van der Waals surface area contributed by atoms with Gasteiger partial charge in [-0.1, -0.05) is 44.4 Å². The van der Waals surface area contributed by atoms with E-state index in [2.05, 4.69) is 29.4 Å². The molecule has 0 amide bonds. The predicted octanol–water partition coefficient (Wildman–Crippen LogP) is 3.80. The zero-order valence-corrected chi connectivity index (χ0v) is 12.3. The fraction of sp³-hybridized carbons (Fsp3) is 0.500. The summed E-state index contributed by atoms with van der Waals surface area (Å²) in [5.74, 6) is 1.23. The summed E-state index contributed by atoms with van der Waals surface area (Å²) in [5.41, 5.74) is 0.960. The second kappa shape index (κ2) is 7.80. The molecule has 0 saturated carbocycles. The zero-order chi connectivity index (χ0) is 14.2. The van der Waals surface area contributed by atoms with Gasteiger partial charge in [-0.3, -0.25) is 0 Å². The van der Waals surface area contributed by atoms with Crippen LogP contribution >= 0.6 is 0 Å². The van der Waals surface area contributed by atoms with Crippen molar-refractivity contribution in [3.8, 4) is 11.5 Å². The molecule has 0 fully saturated rings. The van der Waals surface area contributed by atoms with Gasteiger partial charge in [-0.25, -0.2) is 0 Å². The van der Waals surface area contributed by atoms with E-state index in [0.29, 0.717) is 24.4 Å². The van der Waals surface area contributed by atoms with Crippen LogP contribution in [0.2, 0.25) is 0 Å². The zero-order valence-electron chi connectivity index (χ0n) is 12.3. The molecule has 20 heavy (non-hydrogen) atoms. The third-order valence-corrected chi connectivity index (χ3v) is 3.33. The highest BCUT2D eigenvalue weighted by atomic mass is 16.4. The fourth-order valence-corrected chi connectivity index (χ4v) is 2.09. The molecule has 4 heteroatoms. The number of rotatable bonds is 8. The molecule has 1 unspecified atom stereocenters. The first-order chi connectivity index (χ1) is 9.79. The predicted molar refractivity (Wildman–Crippen MR) is 80.2 cm³/mol. The molecular formula is C16H23N3O. The monoisotopic (exact) mass is 273 g/mol.